The highest BCUT2D eigenvalue weighted by atomic mass is 15.2. The van der Waals surface area contributed by atoms with Gasteiger partial charge < -0.3 is 15.6 Å². The van der Waals surface area contributed by atoms with Crippen LogP contribution in [-0.2, 0) is 7.05 Å². The highest BCUT2D eigenvalue weighted by Gasteiger charge is 2.16. The van der Waals surface area contributed by atoms with Crippen LogP contribution >= 0.6 is 0 Å². The van der Waals surface area contributed by atoms with Crippen LogP contribution in [0, 0.1) is 5.41 Å². The van der Waals surface area contributed by atoms with E-state index in [9.17, 15) is 0 Å². The molecule has 0 bridgehead atoms. The van der Waals surface area contributed by atoms with Crippen LogP contribution < -0.4 is 11.1 Å². The van der Waals surface area contributed by atoms with Crippen LogP contribution in [0.1, 0.15) is 20.3 Å². The van der Waals surface area contributed by atoms with Crippen molar-refractivity contribution in [1.29, 1.82) is 0 Å². The SMILES string of the molecule is Cn1ccnc1NCC(C)(C)CCN. The van der Waals surface area contributed by atoms with E-state index in [2.05, 4.69) is 24.1 Å². The first-order chi connectivity index (χ1) is 6.55. The predicted molar refractivity (Wildman–Crippen MR) is 59.2 cm³/mol. The van der Waals surface area contributed by atoms with E-state index >= 15 is 0 Å². The lowest BCUT2D eigenvalue weighted by molar-refractivity contribution is 0.364. The van der Waals surface area contributed by atoms with Gasteiger partial charge in [0.05, 0.1) is 0 Å². The van der Waals surface area contributed by atoms with Gasteiger partial charge in [-0.1, -0.05) is 13.8 Å². The summed E-state index contributed by atoms with van der Waals surface area (Å²) < 4.78 is 1.97. The average Bonchev–Trinajstić information content (AvgIpc) is 2.48. The molecule has 80 valence electrons. The average molecular weight is 196 g/mol. The zero-order chi connectivity index (χ0) is 10.6. The first-order valence-electron chi connectivity index (χ1n) is 4.96. The summed E-state index contributed by atoms with van der Waals surface area (Å²) >= 11 is 0. The van der Waals surface area contributed by atoms with Crippen LogP contribution in [0.2, 0.25) is 0 Å². The van der Waals surface area contributed by atoms with Gasteiger partial charge in [0, 0.05) is 26.0 Å². The molecule has 0 fully saturated rings. The van der Waals surface area contributed by atoms with Gasteiger partial charge in [0.1, 0.15) is 0 Å². The Hall–Kier alpha value is -1.03. The van der Waals surface area contributed by atoms with Crippen LogP contribution in [0.5, 0.6) is 0 Å². The molecule has 0 saturated carbocycles. The number of anilines is 1. The second kappa shape index (κ2) is 4.46. The number of imidazole rings is 1. The molecule has 4 heteroatoms. The van der Waals surface area contributed by atoms with Gasteiger partial charge in [0.25, 0.3) is 0 Å². The lowest BCUT2D eigenvalue weighted by Gasteiger charge is -2.24. The third-order valence-corrected chi connectivity index (χ3v) is 2.37. The third kappa shape index (κ3) is 3.03. The van der Waals surface area contributed by atoms with Crippen LogP contribution in [-0.4, -0.2) is 22.6 Å². The van der Waals surface area contributed by atoms with Gasteiger partial charge in [0.15, 0.2) is 0 Å². The number of aryl methyl sites for hydroxylation is 1. The monoisotopic (exact) mass is 196 g/mol. The molecule has 0 spiro atoms. The number of hydrogen-bond acceptors (Lipinski definition) is 3. The van der Waals surface area contributed by atoms with E-state index in [0.717, 1.165) is 25.5 Å². The predicted octanol–water partition coefficient (Wildman–Crippen LogP) is 1.21. The van der Waals surface area contributed by atoms with E-state index in [-0.39, 0.29) is 5.41 Å². The number of nitrogens with one attached hydrogen (secondary N) is 1. The molecular formula is C10H20N4. The van der Waals surface area contributed by atoms with E-state index in [0.29, 0.717) is 0 Å². The minimum atomic E-state index is 0.223. The van der Waals surface area contributed by atoms with Gasteiger partial charge in [-0.05, 0) is 18.4 Å². The molecule has 0 radical (unpaired) electrons. The fraction of sp³-hybridized carbons (Fsp3) is 0.700. The normalized spacial score (nSPS) is 11.7. The molecule has 0 aliphatic carbocycles. The van der Waals surface area contributed by atoms with Crippen molar-refractivity contribution >= 4 is 5.95 Å². The van der Waals surface area contributed by atoms with E-state index in [4.69, 9.17) is 5.73 Å². The number of hydrogen-bond donors (Lipinski definition) is 2. The Labute approximate surface area is 85.5 Å². The Bertz CT molecular complexity index is 277. The standard InChI is InChI=1S/C10H20N4/c1-10(2,4-5-11)8-13-9-12-6-7-14(9)3/h6-7H,4-5,8,11H2,1-3H3,(H,12,13). The van der Waals surface area contributed by atoms with E-state index in [1.807, 2.05) is 17.8 Å². The summed E-state index contributed by atoms with van der Waals surface area (Å²) in [7, 11) is 1.98. The fourth-order valence-corrected chi connectivity index (χ4v) is 1.33. The molecule has 1 heterocycles. The second-order valence-electron chi connectivity index (χ2n) is 4.42. The Kier molecular flexibility index (Phi) is 3.52. The highest BCUT2D eigenvalue weighted by molar-refractivity contribution is 5.25. The van der Waals surface area contributed by atoms with Gasteiger partial charge in [-0.15, -0.1) is 0 Å². The van der Waals surface area contributed by atoms with Gasteiger partial charge in [-0.3, -0.25) is 0 Å². The van der Waals surface area contributed by atoms with Crippen LogP contribution in [0.25, 0.3) is 0 Å². The second-order valence-corrected chi connectivity index (χ2v) is 4.42. The van der Waals surface area contributed by atoms with Gasteiger partial charge in [-0.25, -0.2) is 4.98 Å². The Balaban J connectivity index is 2.44. The molecular weight excluding hydrogens is 176 g/mol. The molecule has 1 aromatic heterocycles. The lowest BCUT2D eigenvalue weighted by Crippen LogP contribution is -2.26. The van der Waals surface area contributed by atoms with E-state index < -0.39 is 0 Å². The van der Waals surface area contributed by atoms with Gasteiger partial charge in [0.2, 0.25) is 5.95 Å². The number of nitrogens with zero attached hydrogens (tertiary/aromatic N) is 2. The van der Waals surface area contributed by atoms with Crippen molar-refractivity contribution in [3.63, 3.8) is 0 Å². The molecule has 14 heavy (non-hydrogen) atoms. The molecule has 0 unspecified atom stereocenters. The van der Waals surface area contributed by atoms with Crippen LogP contribution in [0.3, 0.4) is 0 Å². The summed E-state index contributed by atoms with van der Waals surface area (Å²) in [4.78, 5) is 4.20. The van der Waals surface area contributed by atoms with Crippen molar-refractivity contribution in [2.24, 2.45) is 18.2 Å². The quantitative estimate of drug-likeness (QED) is 0.744. The molecule has 0 saturated heterocycles. The minimum Gasteiger partial charge on any atom is -0.355 e. The van der Waals surface area contributed by atoms with Crippen molar-refractivity contribution in [3.8, 4) is 0 Å². The van der Waals surface area contributed by atoms with E-state index in [1.54, 1.807) is 6.20 Å². The Morgan fingerprint density at radius 3 is 2.79 bits per heavy atom. The first kappa shape index (κ1) is 11.0. The summed E-state index contributed by atoms with van der Waals surface area (Å²) in [5, 5.41) is 3.31. The van der Waals surface area contributed by atoms with Crippen LogP contribution in [0.4, 0.5) is 5.95 Å². The summed E-state index contributed by atoms with van der Waals surface area (Å²) in [6.07, 6.45) is 4.74. The molecule has 1 rings (SSSR count). The molecule has 0 atom stereocenters. The molecule has 4 nitrogen and oxygen atoms in total. The number of nitrogens with two attached hydrogens (primary N) is 1. The zero-order valence-corrected chi connectivity index (χ0v) is 9.25. The topological polar surface area (TPSA) is 55.9 Å². The molecule has 1 aromatic rings. The zero-order valence-electron chi connectivity index (χ0n) is 9.25. The maximum Gasteiger partial charge on any atom is 0.202 e. The largest absolute Gasteiger partial charge is 0.355 e. The molecule has 0 aromatic carbocycles. The van der Waals surface area contributed by atoms with Crippen molar-refractivity contribution in [2.45, 2.75) is 20.3 Å². The van der Waals surface area contributed by atoms with Crippen molar-refractivity contribution in [2.75, 3.05) is 18.4 Å². The maximum atomic E-state index is 5.54. The summed E-state index contributed by atoms with van der Waals surface area (Å²) in [6.45, 7) is 6.04. The van der Waals surface area contributed by atoms with Crippen molar-refractivity contribution < 1.29 is 0 Å². The molecule has 3 N–H and O–H groups in total. The number of aromatic nitrogens is 2. The van der Waals surface area contributed by atoms with Gasteiger partial charge >= 0.3 is 0 Å². The van der Waals surface area contributed by atoms with Gasteiger partial charge in [-0.2, -0.15) is 0 Å². The summed E-state index contributed by atoms with van der Waals surface area (Å²) in [5.74, 6) is 0.912. The highest BCUT2D eigenvalue weighted by Crippen LogP contribution is 2.19. The fourth-order valence-electron chi connectivity index (χ4n) is 1.33. The summed E-state index contributed by atoms with van der Waals surface area (Å²) in [6, 6.07) is 0. The minimum absolute atomic E-state index is 0.223. The Morgan fingerprint density at radius 1 is 1.57 bits per heavy atom. The number of rotatable bonds is 5. The molecule has 0 aliphatic rings. The van der Waals surface area contributed by atoms with Crippen molar-refractivity contribution in [3.05, 3.63) is 12.4 Å². The van der Waals surface area contributed by atoms with Crippen LogP contribution in [0.15, 0.2) is 12.4 Å². The summed E-state index contributed by atoms with van der Waals surface area (Å²) in [5.41, 5.74) is 5.77. The third-order valence-electron chi connectivity index (χ3n) is 2.37. The van der Waals surface area contributed by atoms with Crippen molar-refractivity contribution in [1.82, 2.24) is 9.55 Å². The lowest BCUT2D eigenvalue weighted by atomic mass is 9.89. The molecule has 0 aliphatic heterocycles. The first-order valence-corrected chi connectivity index (χ1v) is 4.96. The van der Waals surface area contributed by atoms with E-state index in [1.165, 1.54) is 0 Å². The Morgan fingerprint density at radius 2 is 2.29 bits per heavy atom. The smallest absolute Gasteiger partial charge is 0.202 e. The maximum absolute atomic E-state index is 5.54. The molecule has 0 amide bonds.